The SMILES string of the molecule is Cc1c(CCN2CCC3(CC2)CCN(c2cnc(C#N)cn2)CC3)ccc2c1COC2=O. The number of piperidine rings is 2. The highest BCUT2D eigenvalue weighted by Crippen LogP contribution is 2.42. The van der Waals surface area contributed by atoms with E-state index in [0.717, 1.165) is 56.1 Å². The van der Waals surface area contributed by atoms with Crippen molar-refractivity contribution in [3.8, 4) is 6.07 Å². The molecule has 3 aliphatic heterocycles. The zero-order valence-corrected chi connectivity index (χ0v) is 18.6. The van der Waals surface area contributed by atoms with Gasteiger partial charge < -0.3 is 14.5 Å². The minimum Gasteiger partial charge on any atom is -0.457 e. The minimum absolute atomic E-state index is 0.187. The number of esters is 1. The third kappa shape index (κ3) is 3.95. The number of likely N-dealkylation sites (tertiary alicyclic amines) is 1. The molecule has 1 spiro atoms. The average Bonchev–Trinajstić information content (AvgIpc) is 3.22. The van der Waals surface area contributed by atoms with Crippen molar-refractivity contribution in [2.75, 3.05) is 37.6 Å². The van der Waals surface area contributed by atoms with Gasteiger partial charge in [0, 0.05) is 25.2 Å². The molecule has 4 heterocycles. The number of hydrogen-bond donors (Lipinski definition) is 0. The number of carbonyl (C=O) groups is 1. The number of fused-ring (bicyclic) bond motifs is 1. The summed E-state index contributed by atoms with van der Waals surface area (Å²) in [5, 5.41) is 8.90. The highest BCUT2D eigenvalue weighted by Gasteiger charge is 2.37. The number of hydrogen-bond acceptors (Lipinski definition) is 7. The molecule has 0 amide bonds. The number of ether oxygens (including phenoxy) is 1. The predicted molar refractivity (Wildman–Crippen MR) is 120 cm³/mol. The smallest absolute Gasteiger partial charge is 0.338 e. The van der Waals surface area contributed by atoms with Crippen LogP contribution in [0.25, 0.3) is 0 Å². The fourth-order valence-corrected chi connectivity index (χ4v) is 5.45. The van der Waals surface area contributed by atoms with Crippen LogP contribution >= 0.6 is 0 Å². The van der Waals surface area contributed by atoms with Crippen LogP contribution in [-0.2, 0) is 17.8 Å². The Morgan fingerprint density at radius 1 is 1.09 bits per heavy atom. The molecule has 3 aliphatic rings. The Morgan fingerprint density at radius 3 is 2.53 bits per heavy atom. The maximum atomic E-state index is 11.8. The van der Waals surface area contributed by atoms with Gasteiger partial charge in [-0.3, -0.25) is 0 Å². The van der Waals surface area contributed by atoms with Crippen molar-refractivity contribution in [3.63, 3.8) is 0 Å². The van der Waals surface area contributed by atoms with E-state index in [1.54, 1.807) is 12.4 Å². The van der Waals surface area contributed by atoms with Crippen LogP contribution in [0, 0.1) is 23.7 Å². The van der Waals surface area contributed by atoms with Crippen molar-refractivity contribution >= 4 is 11.8 Å². The summed E-state index contributed by atoms with van der Waals surface area (Å²) < 4.78 is 5.19. The molecular weight excluding hydrogens is 402 g/mol. The topological polar surface area (TPSA) is 82.3 Å². The van der Waals surface area contributed by atoms with Crippen molar-refractivity contribution in [2.45, 2.75) is 45.6 Å². The largest absolute Gasteiger partial charge is 0.457 e. The van der Waals surface area contributed by atoms with Gasteiger partial charge in [0.25, 0.3) is 0 Å². The van der Waals surface area contributed by atoms with Crippen LogP contribution in [0.4, 0.5) is 5.82 Å². The molecule has 0 saturated carbocycles. The van der Waals surface area contributed by atoms with Gasteiger partial charge in [-0.1, -0.05) is 6.07 Å². The third-order valence-corrected chi connectivity index (χ3v) is 7.79. The van der Waals surface area contributed by atoms with Gasteiger partial charge in [-0.2, -0.15) is 5.26 Å². The summed E-state index contributed by atoms with van der Waals surface area (Å²) in [5.41, 5.74) is 5.19. The standard InChI is InChI=1S/C25H29N5O2/c1-18-19(2-3-21-22(18)17-32-24(21)31)4-9-29-10-5-25(6-11-29)7-12-30(13-8-25)23-16-27-20(14-26)15-28-23/h2-3,15-16H,4-13,17H2,1H3. The lowest BCUT2D eigenvalue weighted by atomic mass is 9.71. The number of nitrogens with zero attached hydrogens (tertiary/aromatic N) is 5. The van der Waals surface area contributed by atoms with E-state index in [1.165, 1.54) is 36.8 Å². The van der Waals surface area contributed by atoms with Crippen molar-refractivity contribution < 1.29 is 9.53 Å². The van der Waals surface area contributed by atoms with Gasteiger partial charge in [-0.15, -0.1) is 0 Å². The van der Waals surface area contributed by atoms with Gasteiger partial charge in [0.2, 0.25) is 0 Å². The molecule has 1 aromatic heterocycles. The van der Waals surface area contributed by atoms with E-state index in [4.69, 9.17) is 10.00 Å². The molecule has 7 heteroatoms. The first-order valence-electron chi connectivity index (χ1n) is 11.5. The molecule has 0 N–H and O–H groups in total. The van der Waals surface area contributed by atoms with Gasteiger partial charge >= 0.3 is 5.97 Å². The third-order valence-electron chi connectivity index (χ3n) is 7.79. The summed E-state index contributed by atoms with van der Waals surface area (Å²) in [7, 11) is 0. The zero-order chi connectivity index (χ0) is 22.1. The first kappa shape index (κ1) is 20.9. The second kappa shape index (κ2) is 8.51. The number of nitriles is 1. The maximum absolute atomic E-state index is 11.8. The van der Waals surface area contributed by atoms with Crippen LogP contribution in [0.1, 0.15) is 58.4 Å². The van der Waals surface area contributed by atoms with E-state index in [0.29, 0.717) is 17.7 Å². The first-order chi connectivity index (χ1) is 15.6. The number of anilines is 1. The molecule has 5 rings (SSSR count). The second-order valence-corrected chi connectivity index (χ2v) is 9.40. The molecule has 2 fully saturated rings. The highest BCUT2D eigenvalue weighted by atomic mass is 16.5. The van der Waals surface area contributed by atoms with Gasteiger partial charge in [-0.25, -0.2) is 14.8 Å². The summed E-state index contributed by atoms with van der Waals surface area (Å²) in [4.78, 5) is 25.2. The van der Waals surface area contributed by atoms with Gasteiger partial charge in [0.05, 0.1) is 18.0 Å². The molecule has 0 bridgehead atoms. The average molecular weight is 432 g/mol. The molecule has 7 nitrogen and oxygen atoms in total. The Labute approximate surface area is 189 Å². The molecule has 1 aromatic carbocycles. The normalized spacial score (nSPS) is 20.1. The lowest BCUT2D eigenvalue weighted by Crippen LogP contribution is -2.47. The number of aromatic nitrogens is 2. The summed E-state index contributed by atoms with van der Waals surface area (Å²) in [6.45, 7) is 7.94. The van der Waals surface area contributed by atoms with Crippen molar-refractivity contribution in [1.29, 1.82) is 5.26 Å². The van der Waals surface area contributed by atoms with Crippen molar-refractivity contribution in [1.82, 2.24) is 14.9 Å². The minimum atomic E-state index is -0.187. The predicted octanol–water partition coefficient (Wildman–Crippen LogP) is 3.25. The fraction of sp³-hybridized carbons (Fsp3) is 0.520. The van der Waals surface area contributed by atoms with Crippen LogP contribution in [-0.4, -0.2) is 53.6 Å². The van der Waals surface area contributed by atoms with E-state index in [-0.39, 0.29) is 5.97 Å². The lowest BCUT2D eigenvalue weighted by molar-refractivity contribution is 0.0535. The monoisotopic (exact) mass is 431 g/mol. The first-order valence-corrected chi connectivity index (χ1v) is 11.5. The molecule has 0 radical (unpaired) electrons. The molecule has 2 aromatic rings. The Morgan fingerprint density at radius 2 is 1.84 bits per heavy atom. The van der Waals surface area contributed by atoms with Crippen LogP contribution in [0.2, 0.25) is 0 Å². The van der Waals surface area contributed by atoms with Crippen LogP contribution in [0.15, 0.2) is 24.5 Å². The molecule has 166 valence electrons. The summed E-state index contributed by atoms with van der Waals surface area (Å²) in [6, 6.07) is 6.07. The number of rotatable bonds is 4. The number of carbonyl (C=O) groups excluding carboxylic acids is 1. The fourth-order valence-electron chi connectivity index (χ4n) is 5.45. The van der Waals surface area contributed by atoms with Crippen LogP contribution < -0.4 is 4.90 Å². The van der Waals surface area contributed by atoms with Crippen molar-refractivity contribution in [3.05, 3.63) is 52.5 Å². The lowest BCUT2D eigenvalue weighted by Gasteiger charge is -2.47. The Balaban J connectivity index is 1.12. The summed E-state index contributed by atoms with van der Waals surface area (Å²) in [5.74, 6) is 0.696. The van der Waals surface area contributed by atoms with E-state index in [2.05, 4.69) is 32.8 Å². The van der Waals surface area contributed by atoms with E-state index < -0.39 is 0 Å². The number of benzene rings is 1. The van der Waals surface area contributed by atoms with Crippen molar-refractivity contribution in [2.24, 2.45) is 5.41 Å². The van der Waals surface area contributed by atoms with E-state index >= 15 is 0 Å². The van der Waals surface area contributed by atoms with Gasteiger partial charge in [-0.05, 0) is 74.7 Å². The molecule has 2 saturated heterocycles. The van der Waals surface area contributed by atoms with E-state index in [9.17, 15) is 4.79 Å². The molecule has 0 unspecified atom stereocenters. The highest BCUT2D eigenvalue weighted by molar-refractivity contribution is 5.93. The Bertz CT molecular complexity index is 1040. The van der Waals surface area contributed by atoms with Gasteiger partial charge in [0.15, 0.2) is 5.69 Å². The molecule has 0 aliphatic carbocycles. The van der Waals surface area contributed by atoms with Crippen LogP contribution in [0.3, 0.4) is 0 Å². The summed E-state index contributed by atoms with van der Waals surface area (Å²) in [6.07, 6.45) is 9.21. The summed E-state index contributed by atoms with van der Waals surface area (Å²) >= 11 is 0. The molecular formula is C25H29N5O2. The van der Waals surface area contributed by atoms with Gasteiger partial charge in [0.1, 0.15) is 18.5 Å². The Hall–Kier alpha value is -2.98. The molecule has 32 heavy (non-hydrogen) atoms. The molecule has 0 atom stereocenters. The maximum Gasteiger partial charge on any atom is 0.338 e. The Kier molecular flexibility index (Phi) is 5.56. The van der Waals surface area contributed by atoms with Crippen LogP contribution in [0.5, 0.6) is 0 Å². The zero-order valence-electron chi connectivity index (χ0n) is 18.6. The quantitative estimate of drug-likeness (QED) is 0.687. The second-order valence-electron chi connectivity index (χ2n) is 9.40. The van der Waals surface area contributed by atoms with E-state index in [1.807, 2.05) is 12.1 Å². The number of cyclic esters (lactones) is 1.